The first-order chi connectivity index (χ1) is 14.4. The van der Waals surface area contributed by atoms with E-state index in [1.807, 2.05) is 50.2 Å². The molecule has 0 aliphatic rings. The molecule has 0 spiro atoms. The number of aromatic nitrogens is 4. The summed E-state index contributed by atoms with van der Waals surface area (Å²) in [6.45, 7) is 5.92. The van der Waals surface area contributed by atoms with Gasteiger partial charge in [-0.25, -0.2) is 9.67 Å². The Kier molecular flexibility index (Phi) is 5.37. The number of para-hydroxylation sites is 1. The number of anilines is 1. The predicted molar refractivity (Wildman–Crippen MR) is 115 cm³/mol. The molecule has 2 aromatic carbocycles. The van der Waals surface area contributed by atoms with Gasteiger partial charge in [-0.3, -0.25) is 4.79 Å². The molecular weight excluding hydrogens is 402 g/mol. The second-order valence-corrected chi connectivity index (χ2v) is 7.42. The number of halogens is 1. The normalized spacial score (nSPS) is 10.9. The van der Waals surface area contributed by atoms with E-state index in [-0.39, 0.29) is 11.6 Å². The quantitative estimate of drug-likeness (QED) is 0.499. The summed E-state index contributed by atoms with van der Waals surface area (Å²) in [7, 11) is 0. The minimum atomic E-state index is -0.301. The molecule has 0 atom stereocenters. The van der Waals surface area contributed by atoms with Gasteiger partial charge in [-0.05, 0) is 50.6 Å². The number of hydrogen-bond acceptors (Lipinski definition) is 5. The molecule has 2 heterocycles. The number of benzene rings is 2. The number of oxazole rings is 1. The number of carbonyl (C=O) groups excluding carboxylic acids is 1. The minimum Gasteiger partial charge on any atom is -0.441 e. The predicted octanol–water partition coefficient (Wildman–Crippen LogP) is 4.81. The fourth-order valence-electron chi connectivity index (χ4n) is 3.08. The number of amides is 1. The van der Waals surface area contributed by atoms with Gasteiger partial charge in [0.05, 0.1) is 12.2 Å². The second kappa shape index (κ2) is 8.12. The molecule has 0 saturated carbocycles. The van der Waals surface area contributed by atoms with Crippen molar-refractivity contribution in [2.45, 2.75) is 27.3 Å². The van der Waals surface area contributed by atoms with E-state index in [2.05, 4.69) is 20.6 Å². The van der Waals surface area contributed by atoms with Gasteiger partial charge in [0.25, 0.3) is 5.91 Å². The van der Waals surface area contributed by atoms with Crippen LogP contribution in [0.2, 0.25) is 5.02 Å². The number of nitrogens with zero attached hydrogens (tertiary/aromatic N) is 4. The first-order valence-corrected chi connectivity index (χ1v) is 9.79. The summed E-state index contributed by atoms with van der Waals surface area (Å²) in [5.41, 5.74) is 4.15. The van der Waals surface area contributed by atoms with Gasteiger partial charge in [-0.15, -0.1) is 5.10 Å². The Morgan fingerprint density at radius 1 is 1.13 bits per heavy atom. The van der Waals surface area contributed by atoms with E-state index in [9.17, 15) is 4.79 Å². The fraction of sp³-hybridized carbons (Fsp3) is 0.182. The number of carbonyl (C=O) groups is 1. The largest absolute Gasteiger partial charge is 0.441 e. The molecule has 2 aromatic heterocycles. The van der Waals surface area contributed by atoms with E-state index in [0.29, 0.717) is 34.6 Å². The molecule has 0 unspecified atom stereocenters. The molecule has 0 aliphatic heterocycles. The third-order valence-electron chi connectivity index (χ3n) is 4.85. The average molecular weight is 422 g/mol. The molecule has 0 aliphatic carbocycles. The molecular formula is C22H20ClN5O2. The van der Waals surface area contributed by atoms with Crippen LogP contribution in [-0.4, -0.2) is 25.9 Å². The highest BCUT2D eigenvalue weighted by molar-refractivity contribution is 6.30. The highest BCUT2D eigenvalue weighted by Crippen LogP contribution is 2.25. The molecule has 30 heavy (non-hydrogen) atoms. The monoisotopic (exact) mass is 421 g/mol. The lowest BCUT2D eigenvalue weighted by Gasteiger charge is -2.07. The van der Waals surface area contributed by atoms with Crippen LogP contribution in [0.3, 0.4) is 0 Å². The van der Waals surface area contributed by atoms with Crippen molar-refractivity contribution >= 4 is 23.2 Å². The fourth-order valence-corrected chi connectivity index (χ4v) is 3.27. The van der Waals surface area contributed by atoms with Gasteiger partial charge in [0.2, 0.25) is 5.89 Å². The van der Waals surface area contributed by atoms with Crippen LogP contribution in [-0.2, 0) is 6.54 Å². The van der Waals surface area contributed by atoms with Crippen molar-refractivity contribution in [1.82, 2.24) is 20.0 Å². The first-order valence-electron chi connectivity index (χ1n) is 9.41. The average Bonchev–Trinajstić information content (AvgIpc) is 3.27. The van der Waals surface area contributed by atoms with E-state index in [4.69, 9.17) is 16.0 Å². The SMILES string of the molecule is Cc1ccccc1NC(=O)c1nnn(Cc2nc(-c3cccc(Cl)c3)oc2C)c1C. The zero-order valence-electron chi connectivity index (χ0n) is 16.8. The summed E-state index contributed by atoms with van der Waals surface area (Å²) in [5.74, 6) is 0.857. The van der Waals surface area contributed by atoms with E-state index in [1.54, 1.807) is 23.7 Å². The van der Waals surface area contributed by atoms with Crippen molar-refractivity contribution in [1.29, 1.82) is 0 Å². The maximum Gasteiger partial charge on any atom is 0.278 e. The molecule has 0 bridgehead atoms. The zero-order valence-corrected chi connectivity index (χ0v) is 17.6. The third kappa shape index (κ3) is 3.97. The van der Waals surface area contributed by atoms with Gasteiger partial charge in [-0.2, -0.15) is 0 Å². The molecule has 4 rings (SSSR count). The summed E-state index contributed by atoms with van der Waals surface area (Å²) in [6, 6.07) is 14.9. The third-order valence-corrected chi connectivity index (χ3v) is 5.09. The van der Waals surface area contributed by atoms with Gasteiger partial charge in [0, 0.05) is 16.3 Å². The number of rotatable bonds is 5. The molecule has 1 amide bonds. The van der Waals surface area contributed by atoms with Crippen LogP contribution in [0.1, 0.15) is 33.2 Å². The standard InChI is InChI=1S/C22H20ClN5O2/c1-13-7-4-5-10-18(13)24-21(29)20-14(2)28(27-26-20)12-19-15(3)30-22(25-19)16-8-6-9-17(23)11-16/h4-11H,12H2,1-3H3,(H,24,29). The van der Waals surface area contributed by atoms with E-state index < -0.39 is 0 Å². The molecule has 7 nitrogen and oxygen atoms in total. The Morgan fingerprint density at radius 2 is 1.93 bits per heavy atom. The van der Waals surface area contributed by atoms with Gasteiger partial charge < -0.3 is 9.73 Å². The Morgan fingerprint density at radius 3 is 2.70 bits per heavy atom. The molecule has 0 saturated heterocycles. The van der Waals surface area contributed by atoms with E-state index >= 15 is 0 Å². The lowest BCUT2D eigenvalue weighted by molar-refractivity contribution is 0.102. The van der Waals surface area contributed by atoms with Crippen LogP contribution in [0.15, 0.2) is 52.9 Å². The lowest BCUT2D eigenvalue weighted by Crippen LogP contribution is -2.15. The molecule has 8 heteroatoms. The summed E-state index contributed by atoms with van der Waals surface area (Å²) < 4.78 is 7.44. The Balaban J connectivity index is 1.55. The van der Waals surface area contributed by atoms with Gasteiger partial charge in [-0.1, -0.05) is 41.1 Å². The van der Waals surface area contributed by atoms with Crippen LogP contribution in [0.5, 0.6) is 0 Å². The Hall–Kier alpha value is -3.45. The smallest absolute Gasteiger partial charge is 0.278 e. The molecule has 1 N–H and O–H groups in total. The topological polar surface area (TPSA) is 85.8 Å². The summed E-state index contributed by atoms with van der Waals surface area (Å²) in [6.07, 6.45) is 0. The van der Waals surface area contributed by atoms with E-state index in [1.165, 1.54) is 0 Å². The molecule has 0 fully saturated rings. The van der Waals surface area contributed by atoms with Crippen molar-refractivity contribution in [3.63, 3.8) is 0 Å². The Labute approximate surface area is 178 Å². The van der Waals surface area contributed by atoms with Crippen molar-refractivity contribution < 1.29 is 9.21 Å². The molecule has 0 radical (unpaired) electrons. The minimum absolute atomic E-state index is 0.273. The van der Waals surface area contributed by atoms with Crippen LogP contribution in [0.4, 0.5) is 5.69 Å². The summed E-state index contributed by atoms with van der Waals surface area (Å²) in [5, 5.41) is 11.7. The summed E-state index contributed by atoms with van der Waals surface area (Å²) in [4.78, 5) is 17.2. The summed E-state index contributed by atoms with van der Waals surface area (Å²) >= 11 is 6.06. The highest BCUT2D eigenvalue weighted by Gasteiger charge is 2.19. The first kappa shape index (κ1) is 19.8. The van der Waals surface area contributed by atoms with Crippen molar-refractivity contribution in [2.75, 3.05) is 5.32 Å². The molecule has 4 aromatic rings. The van der Waals surface area contributed by atoms with E-state index in [0.717, 1.165) is 16.8 Å². The van der Waals surface area contributed by atoms with Crippen LogP contribution in [0, 0.1) is 20.8 Å². The highest BCUT2D eigenvalue weighted by atomic mass is 35.5. The number of hydrogen-bond donors (Lipinski definition) is 1. The maximum atomic E-state index is 12.7. The van der Waals surface area contributed by atoms with Crippen LogP contribution in [0.25, 0.3) is 11.5 Å². The zero-order chi connectivity index (χ0) is 21.3. The second-order valence-electron chi connectivity index (χ2n) is 6.98. The van der Waals surface area contributed by atoms with Gasteiger partial charge in [0.15, 0.2) is 5.69 Å². The van der Waals surface area contributed by atoms with Crippen molar-refractivity contribution in [3.8, 4) is 11.5 Å². The van der Waals surface area contributed by atoms with Crippen molar-refractivity contribution in [2.24, 2.45) is 0 Å². The number of nitrogens with one attached hydrogen (secondary N) is 1. The maximum absolute atomic E-state index is 12.7. The van der Waals surface area contributed by atoms with Crippen LogP contribution >= 0.6 is 11.6 Å². The lowest BCUT2D eigenvalue weighted by atomic mass is 10.2. The van der Waals surface area contributed by atoms with Gasteiger partial charge >= 0.3 is 0 Å². The van der Waals surface area contributed by atoms with Gasteiger partial charge in [0.1, 0.15) is 11.5 Å². The van der Waals surface area contributed by atoms with Crippen molar-refractivity contribution in [3.05, 3.63) is 82.0 Å². The van der Waals surface area contributed by atoms with Crippen LogP contribution < -0.4 is 5.32 Å². The molecule has 152 valence electrons. The number of aryl methyl sites for hydroxylation is 2. The Bertz CT molecular complexity index is 1230.